The van der Waals surface area contributed by atoms with Crippen molar-refractivity contribution in [3.63, 3.8) is 0 Å². The molecule has 2 N–H and O–H groups in total. The first kappa shape index (κ1) is 15.0. The standard InChI is InChI=1S/C16H10Br2N2O2/c17-9-5-1-3-7-11(9)19-13-14(16(22)15(13)21)20-12-8-4-2-6-10(12)18/h1-8,19-20H. The molecule has 0 saturated carbocycles. The van der Waals surface area contributed by atoms with E-state index in [2.05, 4.69) is 42.5 Å². The third-order valence-electron chi connectivity index (χ3n) is 3.18. The Bertz CT molecular complexity index is 839. The number of halogens is 2. The molecule has 0 aliphatic heterocycles. The molecule has 0 fully saturated rings. The molecule has 0 aromatic heterocycles. The van der Waals surface area contributed by atoms with Crippen LogP contribution in [0, 0.1) is 0 Å². The van der Waals surface area contributed by atoms with Crippen molar-refractivity contribution in [2.45, 2.75) is 0 Å². The van der Waals surface area contributed by atoms with Gasteiger partial charge in [0.05, 0.1) is 11.4 Å². The Labute approximate surface area is 143 Å². The Morgan fingerprint density at radius 2 is 1.00 bits per heavy atom. The van der Waals surface area contributed by atoms with Gasteiger partial charge in [0.15, 0.2) is 0 Å². The predicted molar refractivity (Wildman–Crippen MR) is 96.2 cm³/mol. The zero-order chi connectivity index (χ0) is 15.7. The third kappa shape index (κ3) is 2.71. The van der Waals surface area contributed by atoms with Gasteiger partial charge in [-0.2, -0.15) is 0 Å². The normalized spacial score (nSPS) is 10.6. The lowest BCUT2D eigenvalue weighted by Crippen LogP contribution is -2.35. The number of nitrogens with one attached hydrogen (secondary N) is 2. The van der Waals surface area contributed by atoms with Gasteiger partial charge in [0, 0.05) is 8.95 Å². The average Bonchev–Trinajstić information content (AvgIpc) is 2.53. The van der Waals surface area contributed by atoms with Crippen molar-refractivity contribution in [3.05, 3.63) is 77.9 Å². The van der Waals surface area contributed by atoms with Crippen LogP contribution in [0.5, 0.6) is 0 Å². The van der Waals surface area contributed by atoms with E-state index >= 15 is 0 Å². The number of anilines is 4. The van der Waals surface area contributed by atoms with Crippen LogP contribution >= 0.6 is 31.9 Å². The minimum Gasteiger partial charge on any atom is -0.349 e. The Balaban J connectivity index is 1.93. The molecule has 0 unspecified atom stereocenters. The summed E-state index contributed by atoms with van der Waals surface area (Å²) >= 11 is 6.80. The molecule has 6 heteroatoms. The third-order valence-corrected chi connectivity index (χ3v) is 4.56. The molecule has 0 bridgehead atoms. The first-order chi connectivity index (χ1) is 10.6. The molecule has 4 nitrogen and oxygen atoms in total. The molecule has 0 aliphatic rings. The molecule has 110 valence electrons. The molecule has 3 aromatic rings. The first-order valence-corrected chi connectivity index (χ1v) is 8.03. The SMILES string of the molecule is O=c1c(Nc2ccccc2Br)c(Nc2ccccc2Br)c1=O. The average molecular weight is 422 g/mol. The fourth-order valence-corrected chi connectivity index (χ4v) is 2.79. The predicted octanol–water partition coefficient (Wildman–Crippen LogP) is 4.29. The van der Waals surface area contributed by atoms with Gasteiger partial charge in [-0.25, -0.2) is 0 Å². The Hall–Kier alpha value is -1.92. The molecule has 3 rings (SSSR count). The van der Waals surface area contributed by atoms with Crippen LogP contribution in [-0.4, -0.2) is 0 Å². The van der Waals surface area contributed by atoms with Crippen molar-refractivity contribution in [2.24, 2.45) is 0 Å². The van der Waals surface area contributed by atoms with Crippen LogP contribution in [0.4, 0.5) is 22.7 Å². The van der Waals surface area contributed by atoms with Gasteiger partial charge in [0.2, 0.25) is 0 Å². The van der Waals surface area contributed by atoms with Gasteiger partial charge < -0.3 is 10.6 Å². The van der Waals surface area contributed by atoms with E-state index in [-0.39, 0.29) is 11.4 Å². The van der Waals surface area contributed by atoms with E-state index < -0.39 is 10.9 Å². The van der Waals surface area contributed by atoms with Crippen LogP contribution in [-0.2, 0) is 0 Å². The number of rotatable bonds is 4. The zero-order valence-corrected chi connectivity index (χ0v) is 14.4. The molecule has 0 radical (unpaired) electrons. The van der Waals surface area contributed by atoms with Crippen molar-refractivity contribution in [1.29, 1.82) is 0 Å². The largest absolute Gasteiger partial charge is 0.349 e. The molecule has 0 atom stereocenters. The van der Waals surface area contributed by atoms with Gasteiger partial charge in [-0.15, -0.1) is 0 Å². The molecule has 0 spiro atoms. The van der Waals surface area contributed by atoms with Gasteiger partial charge in [0.25, 0.3) is 10.9 Å². The van der Waals surface area contributed by atoms with Crippen LogP contribution < -0.4 is 21.5 Å². The number of benzene rings is 2. The van der Waals surface area contributed by atoms with Crippen molar-refractivity contribution in [1.82, 2.24) is 0 Å². The number of para-hydroxylation sites is 2. The van der Waals surface area contributed by atoms with Gasteiger partial charge in [-0.05, 0) is 56.1 Å². The molecule has 0 amide bonds. The summed E-state index contributed by atoms with van der Waals surface area (Å²) in [4.78, 5) is 23.7. The molecule has 0 heterocycles. The Kier molecular flexibility index (Phi) is 4.13. The molecule has 0 saturated heterocycles. The Morgan fingerprint density at radius 3 is 1.36 bits per heavy atom. The second-order valence-electron chi connectivity index (χ2n) is 4.62. The van der Waals surface area contributed by atoms with E-state index in [1.165, 1.54) is 0 Å². The van der Waals surface area contributed by atoms with Crippen LogP contribution in [0.15, 0.2) is 67.1 Å². The topological polar surface area (TPSA) is 58.2 Å². The van der Waals surface area contributed by atoms with E-state index in [0.29, 0.717) is 0 Å². The highest BCUT2D eigenvalue weighted by molar-refractivity contribution is 9.11. The number of hydrogen-bond acceptors (Lipinski definition) is 4. The lowest BCUT2D eigenvalue weighted by molar-refractivity contribution is 1.35. The summed E-state index contributed by atoms with van der Waals surface area (Å²) < 4.78 is 1.63. The fourth-order valence-electron chi connectivity index (χ4n) is 2.02. The van der Waals surface area contributed by atoms with Gasteiger partial charge in [0.1, 0.15) is 11.4 Å². The van der Waals surface area contributed by atoms with E-state index in [4.69, 9.17) is 0 Å². The highest BCUT2D eigenvalue weighted by atomic mass is 79.9. The quantitative estimate of drug-likeness (QED) is 0.616. The molecular weight excluding hydrogens is 412 g/mol. The van der Waals surface area contributed by atoms with E-state index in [0.717, 1.165) is 20.3 Å². The van der Waals surface area contributed by atoms with Crippen molar-refractivity contribution in [3.8, 4) is 0 Å². The van der Waals surface area contributed by atoms with E-state index in [9.17, 15) is 9.59 Å². The Morgan fingerprint density at radius 1 is 0.636 bits per heavy atom. The lowest BCUT2D eigenvalue weighted by Gasteiger charge is -2.16. The summed E-state index contributed by atoms with van der Waals surface area (Å²) in [6.07, 6.45) is 0. The van der Waals surface area contributed by atoms with E-state index in [1.807, 2.05) is 48.5 Å². The lowest BCUT2D eigenvalue weighted by atomic mass is 10.1. The van der Waals surface area contributed by atoms with Crippen LogP contribution in [0.25, 0.3) is 0 Å². The molecule has 0 aliphatic carbocycles. The smallest absolute Gasteiger partial charge is 0.253 e. The fraction of sp³-hybridized carbons (Fsp3) is 0. The molecule has 22 heavy (non-hydrogen) atoms. The van der Waals surface area contributed by atoms with Gasteiger partial charge in [-0.3, -0.25) is 9.59 Å². The summed E-state index contributed by atoms with van der Waals surface area (Å²) in [7, 11) is 0. The summed E-state index contributed by atoms with van der Waals surface area (Å²) in [6, 6.07) is 14.8. The van der Waals surface area contributed by atoms with Crippen molar-refractivity contribution in [2.75, 3.05) is 10.6 Å². The molecule has 3 aromatic carbocycles. The van der Waals surface area contributed by atoms with Crippen molar-refractivity contribution < 1.29 is 0 Å². The van der Waals surface area contributed by atoms with Gasteiger partial charge >= 0.3 is 0 Å². The van der Waals surface area contributed by atoms with Crippen molar-refractivity contribution >= 4 is 54.6 Å². The highest BCUT2D eigenvalue weighted by Crippen LogP contribution is 2.30. The molecular formula is C16H10Br2N2O2. The maximum atomic E-state index is 11.8. The first-order valence-electron chi connectivity index (χ1n) is 6.44. The minimum atomic E-state index is -0.523. The highest BCUT2D eigenvalue weighted by Gasteiger charge is 2.22. The van der Waals surface area contributed by atoms with Gasteiger partial charge in [-0.1, -0.05) is 24.3 Å². The minimum absolute atomic E-state index is 0.271. The van der Waals surface area contributed by atoms with Crippen LogP contribution in [0.3, 0.4) is 0 Å². The van der Waals surface area contributed by atoms with Crippen LogP contribution in [0.1, 0.15) is 0 Å². The van der Waals surface area contributed by atoms with E-state index in [1.54, 1.807) is 0 Å². The maximum absolute atomic E-state index is 11.8. The summed E-state index contributed by atoms with van der Waals surface area (Å²) in [5, 5.41) is 6.00. The number of hydrogen-bond donors (Lipinski definition) is 2. The summed E-state index contributed by atoms with van der Waals surface area (Å²) in [5.74, 6) is 0. The van der Waals surface area contributed by atoms with Crippen LogP contribution in [0.2, 0.25) is 0 Å². The maximum Gasteiger partial charge on any atom is 0.253 e. The summed E-state index contributed by atoms with van der Waals surface area (Å²) in [5.41, 5.74) is 0.950. The second-order valence-corrected chi connectivity index (χ2v) is 6.33. The summed E-state index contributed by atoms with van der Waals surface area (Å²) in [6.45, 7) is 0. The zero-order valence-electron chi connectivity index (χ0n) is 11.2. The monoisotopic (exact) mass is 420 g/mol. The second kappa shape index (κ2) is 6.06.